The van der Waals surface area contributed by atoms with E-state index in [-0.39, 0.29) is 0 Å². The highest BCUT2D eigenvalue weighted by molar-refractivity contribution is 7.98. The quantitative estimate of drug-likeness (QED) is 0.572. The number of aromatic nitrogens is 2. The van der Waals surface area contributed by atoms with Crippen LogP contribution >= 0.6 is 34.7 Å². The van der Waals surface area contributed by atoms with Gasteiger partial charge in [0.25, 0.3) is 5.89 Å². The van der Waals surface area contributed by atoms with Crippen molar-refractivity contribution in [1.82, 2.24) is 10.1 Å². The van der Waals surface area contributed by atoms with Crippen LogP contribution in [0.5, 0.6) is 0 Å². The Labute approximate surface area is 129 Å². The Bertz CT molecular complexity index is 692. The fourth-order valence-electron chi connectivity index (χ4n) is 1.63. The van der Waals surface area contributed by atoms with Crippen molar-refractivity contribution in [3.63, 3.8) is 0 Å². The second-order valence-electron chi connectivity index (χ2n) is 3.94. The number of hydrogen-bond acceptors (Lipinski definition) is 6. The highest BCUT2D eigenvalue weighted by Gasteiger charge is 2.11. The number of anilines is 1. The second-order valence-corrected chi connectivity index (χ2v) is 6.28. The van der Waals surface area contributed by atoms with Gasteiger partial charge in [0.2, 0.25) is 0 Å². The maximum atomic E-state index is 6.12. The molecule has 0 bridgehead atoms. The molecule has 0 unspecified atom stereocenters. The molecule has 0 aliphatic heterocycles. The molecule has 0 spiro atoms. The van der Waals surface area contributed by atoms with E-state index < -0.39 is 0 Å². The number of nitrogens with zero attached hydrogens (tertiary/aromatic N) is 2. The van der Waals surface area contributed by atoms with Crippen LogP contribution in [-0.2, 0) is 5.75 Å². The van der Waals surface area contributed by atoms with Crippen molar-refractivity contribution in [3.8, 4) is 10.8 Å². The number of benzene rings is 1. The maximum Gasteiger partial charge on any atom is 0.268 e. The number of thiophene rings is 1. The average molecular weight is 324 g/mol. The topological polar surface area (TPSA) is 64.9 Å². The van der Waals surface area contributed by atoms with Crippen LogP contribution in [0.4, 0.5) is 5.69 Å². The number of hydrogen-bond donors (Lipinski definition) is 1. The fraction of sp³-hybridized carbons (Fsp3) is 0.0769. The van der Waals surface area contributed by atoms with Gasteiger partial charge in [0.1, 0.15) is 0 Å². The highest BCUT2D eigenvalue weighted by Crippen LogP contribution is 2.34. The summed E-state index contributed by atoms with van der Waals surface area (Å²) in [5.74, 6) is 1.73. The van der Waals surface area contributed by atoms with E-state index in [0.29, 0.717) is 28.2 Å². The molecule has 2 heterocycles. The van der Waals surface area contributed by atoms with E-state index >= 15 is 0 Å². The van der Waals surface area contributed by atoms with Crippen molar-refractivity contribution in [2.24, 2.45) is 0 Å². The van der Waals surface area contributed by atoms with Crippen molar-refractivity contribution in [3.05, 3.63) is 46.6 Å². The van der Waals surface area contributed by atoms with Crippen molar-refractivity contribution in [1.29, 1.82) is 0 Å². The molecular formula is C13H10ClN3OS2. The zero-order chi connectivity index (χ0) is 13.9. The zero-order valence-corrected chi connectivity index (χ0v) is 12.6. The van der Waals surface area contributed by atoms with Crippen LogP contribution in [-0.4, -0.2) is 10.1 Å². The molecule has 102 valence electrons. The molecule has 0 radical (unpaired) electrons. The monoisotopic (exact) mass is 323 g/mol. The molecule has 1 aromatic carbocycles. The van der Waals surface area contributed by atoms with Gasteiger partial charge in [0.15, 0.2) is 5.82 Å². The first-order valence-corrected chi connectivity index (χ1v) is 8.01. The number of rotatable bonds is 4. The van der Waals surface area contributed by atoms with Gasteiger partial charge in [-0.25, -0.2) is 0 Å². The summed E-state index contributed by atoms with van der Waals surface area (Å²) >= 11 is 9.18. The Kier molecular flexibility index (Phi) is 3.95. The third kappa shape index (κ3) is 2.82. The van der Waals surface area contributed by atoms with Gasteiger partial charge in [-0.2, -0.15) is 4.98 Å². The van der Waals surface area contributed by atoms with Gasteiger partial charge in [0, 0.05) is 10.6 Å². The van der Waals surface area contributed by atoms with Gasteiger partial charge >= 0.3 is 0 Å². The minimum Gasteiger partial charge on any atom is -0.398 e. The van der Waals surface area contributed by atoms with E-state index in [2.05, 4.69) is 10.1 Å². The molecule has 3 rings (SSSR count). The molecular weight excluding hydrogens is 314 g/mol. The van der Waals surface area contributed by atoms with Crippen molar-refractivity contribution in [2.45, 2.75) is 10.6 Å². The average Bonchev–Trinajstić information content (AvgIpc) is 3.09. The van der Waals surface area contributed by atoms with Crippen molar-refractivity contribution < 1.29 is 4.52 Å². The molecule has 2 N–H and O–H groups in total. The van der Waals surface area contributed by atoms with E-state index in [4.69, 9.17) is 21.9 Å². The molecule has 0 atom stereocenters. The summed E-state index contributed by atoms with van der Waals surface area (Å²) in [5, 5.41) is 6.57. The molecule has 0 amide bonds. The SMILES string of the molecule is Nc1cccc(Cl)c1SCc1noc(-c2cccs2)n1. The Morgan fingerprint density at radius 3 is 2.95 bits per heavy atom. The lowest BCUT2D eigenvalue weighted by atomic mass is 10.3. The number of halogens is 1. The van der Waals surface area contributed by atoms with Crippen LogP contribution in [0.3, 0.4) is 0 Å². The van der Waals surface area contributed by atoms with Gasteiger partial charge in [-0.05, 0) is 23.6 Å². The summed E-state index contributed by atoms with van der Waals surface area (Å²) in [5.41, 5.74) is 6.56. The van der Waals surface area contributed by atoms with Gasteiger partial charge in [-0.15, -0.1) is 23.1 Å². The molecule has 0 saturated carbocycles. The number of thioether (sulfide) groups is 1. The zero-order valence-electron chi connectivity index (χ0n) is 10.2. The molecule has 20 heavy (non-hydrogen) atoms. The van der Waals surface area contributed by atoms with E-state index in [1.54, 1.807) is 11.3 Å². The summed E-state index contributed by atoms with van der Waals surface area (Å²) < 4.78 is 5.23. The normalized spacial score (nSPS) is 10.8. The Morgan fingerprint density at radius 1 is 1.30 bits per heavy atom. The van der Waals surface area contributed by atoms with Crippen LogP contribution in [0, 0.1) is 0 Å². The first-order chi connectivity index (χ1) is 9.74. The minimum atomic E-state index is 0.544. The Hall–Kier alpha value is -1.50. The standard InChI is InChI=1S/C13H10ClN3OS2/c14-8-3-1-4-9(15)12(8)20-7-11-16-13(18-17-11)10-5-2-6-19-10/h1-6H,7,15H2. The highest BCUT2D eigenvalue weighted by atomic mass is 35.5. The van der Waals surface area contributed by atoms with Crippen LogP contribution < -0.4 is 5.73 Å². The van der Waals surface area contributed by atoms with Crippen LogP contribution in [0.15, 0.2) is 45.1 Å². The van der Waals surface area contributed by atoms with Crippen molar-refractivity contribution in [2.75, 3.05) is 5.73 Å². The van der Waals surface area contributed by atoms with Crippen molar-refractivity contribution >= 4 is 40.4 Å². The molecule has 0 saturated heterocycles. The summed E-state index contributed by atoms with van der Waals surface area (Å²) in [6.07, 6.45) is 0. The van der Waals surface area contributed by atoms with E-state index in [1.165, 1.54) is 11.8 Å². The molecule has 0 aliphatic carbocycles. The smallest absolute Gasteiger partial charge is 0.268 e. The van der Waals surface area contributed by atoms with E-state index in [9.17, 15) is 0 Å². The Morgan fingerprint density at radius 2 is 2.20 bits per heavy atom. The van der Waals surface area contributed by atoms with Gasteiger partial charge in [0.05, 0.1) is 15.7 Å². The predicted molar refractivity (Wildman–Crippen MR) is 83.0 cm³/mol. The lowest BCUT2D eigenvalue weighted by molar-refractivity contribution is 0.426. The molecule has 0 fully saturated rings. The maximum absolute atomic E-state index is 6.12. The molecule has 3 aromatic rings. The predicted octanol–water partition coefficient (Wildman–Crippen LogP) is 4.33. The van der Waals surface area contributed by atoms with E-state index in [1.807, 2.05) is 35.7 Å². The van der Waals surface area contributed by atoms with Crippen LogP contribution in [0.1, 0.15) is 5.82 Å². The third-order valence-corrected chi connectivity index (χ3v) is 4.97. The summed E-state index contributed by atoms with van der Waals surface area (Å²) in [4.78, 5) is 6.16. The molecule has 4 nitrogen and oxygen atoms in total. The van der Waals surface area contributed by atoms with Crippen LogP contribution in [0.2, 0.25) is 5.02 Å². The molecule has 2 aromatic heterocycles. The van der Waals surface area contributed by atoms with Crippen LogP contribution in [0.25, 0.3) is 10.8 Å². The van der Waals surface area contributed by atoms with Gasteiger partial charge in [-0.1, -0.05) is 28.9 Å². The molecule has 0 aliphatic rings. The van der Waals surface area contributed by atoms with Gasteiger partial charge < -0.3 is 10.3 Å². The largest absolute Gasteiger partial charge is 0.398 e. The first-order valence-electron chi connectivity index (χ1n) is 5.77. The molecule has 7 heteroatoms. The third-order valence-electron chi connectivity index (χ3n) is 2.54. The number of nitrogen functional groups attached to an aromatic ring is 1. The fourth-order valence-corrected chi connectivity index (χ4v) is 3.45. The summed E-state index contributed by atoms with van der Waals surface area (Å²) in [6.45, 7) is 0. The second kappa shape index (κ2) is 5.87. The summed E-state index contributed by atoms with van der Waals surface area (Å²) in [6, 6.07) is 9.35. The van der Waals surface area contributed by atoms with Gasteiger partial charge in [-0.3, -0.25) is 0 Å². The lowest BCUT2D eigenvalue weighted by Crippen LogP contribution is -1.90. The number of nitrogens with two attached hydrogens (primary N) is 1. The Balaban J connectivity index is 1.73. The van der Waals surface area contributed by atoms with E-state index in [0.717, 1.165) is 9.77 Å². The minimum absolute atomic E-state index is 0.544. The summed E-state index contributed by atoms with van der Waals surface area (Å²) in [7, 11) is 0. The first kappa shape index (κ1) is 13.5. The lowest BCUT2D eigenvalue weighted by Gasteiger charge is -2.05.